The third-order valence-corrected chi connectivity index (χ3v) is 5.28. The number of aromatic hydroxyl groups is 2. The van der Waals surface area contributed by atoms with Gasteiger partial charge in [0, 0.05) is 5.56 Å². The van der Waals surface area contributed by atoms with Gasteiger partial charge < -0.3 is 14.9 Å². The van der Waals surface area contributed by atoms with Crippen LogP contribution in [0.15, 0.2) is 24.3 Å². The van der Waals surface area contributed by atoms with E-state index in [4.69, 9.17) is 4.74 Å². The van der Waals surface area contributed by atoms with Crippen LogP contribution in [0.2, 0.25) is 0 Å². The molecule has 1 aromatic heterocycles. The summed E-state index contributed by atoms with van der Waals surface area (Å²) in [6, 6.07) is 7.32. The van der Waals surface area contributed by atoms with Gasteiger partial charge in [-0.25, -0.2) is 0 Å². The molecule has 1 aliphatic carbocycles. The lowest BCUT2D eigenvalue weighted by molar-refractivity contribution is 0.295. The van der Waals surface area contributed by atoms with Crippen LogP contribution >= 0.6 is 0 Å². The van der Waals surface area contributed by atoms with Crippen molar-refractivity contribution in [2.75, 3.05) is 6.61 Å². The number of benzene rings is 1. The molecule has 0 saturated heterocycles. The second kappa shape index (κ2) is 8.39. The fourth-order valence-electron chi connectivity index (χ4n) is 3.96. The maximum absolute atomic E-state index is 10.5. The zero-order valence-electron chi connectivity index (χ0n) is 15.6. The summed E-state index contributed by atoms with van der Waals surface area (Å²) in [5, 5.41) is 20.9. The molecule has 1 aliphatic rings. The Morgan fingerprint density at radius 2 is 1.58 bits per heavy atom. The van der Waals surface area contributed by atoms with Crippen molar-refractivity contribution >= 4 is 0 Å². The van der Waals surface area contributed by atoms with Gasteiger partial charge in [-0.15, -0.1) is 0 Å². The monoisotopic (exact) mass is 356 g/mol. The van der Waals surface area contributed by atoms with E-state index in [9.17, 15) is 10.2 Å². The predicted octanol–water partition coefficient (Wildman–Crippen LogP) is 5.03. The van der Waals surface area contributed by atoms with Crippen LogP contribution in [-0.4, -0.2) is 26.8 Å². The molecule has 0 spiro atoms. The average Bonchev–Trinajstić information content (AvgIpc) is 2.64. The molecule has 1 fully saturated rings. The van der Waals surface area contributed by atoms with E-state index in [2.05, 4.69) is 16.9 Å². The van der Waals surface area contributed by atoms with Crippen molar-refractivity contribution in [1.29, 1.82) is 0 Å². The van der Waals surface area contributed by atoms with Crippen molar-refractivity contribution in [3.8, 4) is 28.9 Å². The Kier molecular flexibility index (Phi) is 5.96. The molecule has 0 unspecified atom stereocenters. The molecule has 5 nitrogen and oxygen atoms in total. The highest BCUT2D eigenvalue weighted by atomic mass is 16.5. The molecule has 0 aliphatic heterocycles. The summed E-state index contributed by atoms with van der Waals surface area (Å²) >= 11 is 0. The van der Waals surface area contributed by atoms with Crippen LogP contribution in [0.25, 0.3) is 11.4 Å². The van der Waals surface area contributed by atoms with E-state index in [1.165, 1.54) is 12.8 Å². The highest BCUT2D eigenvalue weighted by Crippen LogP contribution is 2.43. The predicted molar refractivity (Wildman–Crippen MR) is 102 cm³/mol. The van der Waals surface area contributed by atoms with Gasteiger partial charge in [-0.05, 0) is 68.7 Å². The van der Waals surface area contributed by atoms with Crippen LogP contribution in [0.3, 0.4) is 0 Å². The SMILES string of the molecule is CCCC1CCC(c2c(O)nc(-c3ccc(OCC)cc3)nc2O)CC1. The first-order valence-corrected chi connectivity index (χ1v) is 9.65. The van der Waals surface area contributed by atoms with Crippen molar-refractivity contribution in [2.45, 2.75) is 58.3 Å². The maximum Gasteiger partial charge on any atom is 0.221 e. The Morgan fingerprint density at radius 1 is 0.962 bits per heavy atom. The van der Waals surface area contributed by atoms with Crippen molar-refractivity contribution in [3.05, 3.63) is 29.8 Å². The Bertz CT molecular complexity index is 700. The smallest absolute Gasteiger partial charge is 0.221 e. The first-order chi connectivity index (χ1) is 12.6. The maximum atomic E-state index is 10.5. The summed E-state index contributed by atoms with van der Waals surface area (Å²) in [6.45, 7) is 4.76. The second-order valence-electron chi connectivity index (χ2n) is 7.07. The molecule has 5 heteroatoms. The average molecular weight is 356 g/mol. The number of ether oxygens (including phenoxy) is 1. The molecule has 26 heavy (non-hydrogen) atoms. The largest absolute Gasteiger partial charge is 0.494 e. The fourth-order valence-corrected chi connectivity index (χ4v) is 3.96. The van der Waals surface area contributed by atoms with Gasteiger partial charge in [-0.1, -0.05) is 19.8 Å². The van der Waals surface area contributed by atoms with E-state index in [1.54, 1.807) is 0 Å². The van der Waals surface area contributed by atoms with E-state index in [-0.39, 0.29) is 17.7 Å². The van der Waals surface area contributed by atoms with Crippen molar-refractivity contribution in [3.63, 3.8) is 0 Å². The first kappa shape index (κ1) is 18.5. The van der Waals surface area contributed by atoms with Crippen LogP contribution in [0.1, 0.15) is 63.9 Å². The molecule has 140 valence electrons. The van der Waals surface area contributed by atoms with E-state index >= 15 is 0 Å². The van der Waals surface area contributed by atoms with E-state index in [1.807, 2.05) is 31.2 Å². The fraction of sp³-hybridized carbons (Fsp3) is 0.524. The molecule has 0 bridgehead atoms. The lowest BCUT2D eigenvalue weighted by Gasteiger charge is -2.28. The molecule has 1 heterocycles. The van der Waals surface area contributed by atoms with Gasteiger partial charge >= 0.3 is 0 Å². The lowest BCUT2D eigenvalue weighted by atomic mass is 9.77. The zero-order chi connectivity index (χ0) is 18.5. The van der Waals surface area contributed by atoms with Crippen LogP contribution in [0, 0.1) is 5.92 Å². The first-order valence-electron chi connectivity index (χ1n) is 9.65. The van der Waals surface area contributed by atoms with Crippen LogP contribution in [0.5, 0.6) is 17.5 Å². The van der Waals surface area contributed by atoms with Crippen molar-refractivity contribution in [1.82, 2.24) is 9.97 Å². The third kappa shape index (κ3) is 4.09. The Labute approximate surface area is 155 Å². The van der Waals surface area contributed by atoms with Crippen molar-refractivity contribution in [2.24, 2.45) is 5.92 Å². The second-order valence-corrected chi connectivity index (χ2v) is 7.07. The summed E-state index contributed by atoms with van der Waals surface area (Å²) in [6.07, 6.45) is 6.69. The van der Waals surface area contributed by atoms with Gasteiger partial charge in [0.25, 0.3) is 0 Å². The third-order valence-electron chi connectivity index (χ3n) is 5.28. The molecule has 0 amide bonds. The van der Waals surface area contributed by atoms with Gasteiger partial charge in [0.05, 0.1) is 12.2 Å². The molecule has 1 saturated carbocycles. The van der Waals surface area contributed by atoms with Gasteiger partial charge in [-0.2, -0.15) is 9.97 Å². The molecule has 0 radical (unpaired) electrons. The Hall–Kier alpha value is -2.30. The Morgan fingerprint density at radius 3 is 2.12 bits per heavy atom. The molecular formula is C21H28N2O3. The van der Waals surface area contributed by atoms with Gasteiger partial charge in [-0.3, -0.25) is 0 Å². The number of aromatic nitrogens is 2. The summed E-state index contributed by atoms with van der Waals surface area (Å²) in [4.78, 5) is 8.51. The number of hydrogen-bond donors (Lipinski definition) is 2. The normalized spacial score (nSPS) is 20.1. The molecule has 2 aromatic rings. The molecule has 2 N–H and O–H groups in total. The van der Waals surface area contributed by atoms with Gasteiger partial charge in [0.2, 0.25) is 11.8 Å². The quantitative estimate of drug-likeness (QED) is 0.759. The molecule has 3 rings (SSSR count). The number of hydrogen-bond acceptors (Lipinski definition) is 5. The topological polar surface area (TPSA) is 75.5 Å². The number of rotatable bonds is 6. The minimum absolute atomic E-state index is 0.0969. The molecule has 0 atom stereocenters. The summed E-state index contributed by atoms with van der Waals surface area (Å²) < 4.78 is 5.43. The van der Waals surface area contributed by atoms with Gasteiger partial charge in [0.15, 0.2) is 5.82 Å². The number of nitrogens with zero attached hydrogens (tertiary/aromatic N) is 2. The summed E-state index contributed by atoms with van der Waals surface area (Å²) in [7, 11) is 0. The summed E-state index contributed by atoms with van der Waals surface area (Å²) in [5.41, 5.74) is 1.24. The molecule has 1 aromatic carbocycles. The lowest BCUT2D eigenvalue weighted by Crippen LogP contribution is -2.14. The van der Waals surface area contributed by atoms with Crippen molar-refractivity contribution < 1.29 is 14.9 Å². The zero-order valence-corrected chi connectivity index (χ0v) is 15.6. The van der Waals surface area contributed by atoms with Gasteiger partial charge in [0.1, 0.15) is 5.75 Å². The Balaban J connectivity index is 1.78. The molecular weight excluding hydrogens is 328 g/mol. The van der Waals surface area contributed by atoms with E-state index < -0.39 is 0 Å². The summed E-state index contributed by atoms with van der Waals surface area (Å²) in [5.74, 6) is 1.80. The minimum Gasteiger partial charge on any atom is -0.494 e. The minimum atomic E-state index is -0.0969. The highest BCUT2D eigenvalue weighted by Gasteiger charge is 2.28. The standard InChI is InChI=1S/C21H28N2O3/c1-3-5-14-6-8-15(9-7-14)18-20(24)22-19(23-21(18)25)16-10-12-17(13-11-16)26-4-2/h10-15H,3-9H2,1-2H3,(H2,22,23,24,25). The van der Waals surface area contributed by atoms with E-state index in [0.29, 0.717) is 18.0 Å². The van der Waals surface area contributed by atoms with E-state index in [0.717, 1.165) is 42.9 Å². The van der Waals surface area contributed by atoms with Crippen LogP contribution < -0.4 is 4.74 Å². The van der Waals surface area contributed by atoms with Crippen LogP contribution in [-0.2, 0) is 0 Å². The van der Waals surface area contributed by atoms with Crippen LogP contribution in [0.4, 0.5) is 0 Å². The highest BCUT2D eigenvalue weighted by molar-refractivity contribution is 5.58.